The van der Waals surface area contributed by atoms with E-state index in [4.69, 9.17) is 27.9 Å². The van der Waals surface area contributed by atoms with Gasteiger partial charge in [-0.1, -0.05) is 64.4 Å². The number of thiazole rings is 1. The van der Waals surface area contributed by atoms with Crippen molar-refractivity contribution in [1.29, 1.82) is 0 Å². The van der Waals surface area contributed by atoms with E-state index in [1.165, 1.54) is 16.2 Å². The highest BCUT2D eigenvalue weighted by molar-refractivity contribution is 8.00. The first kappa shape index (κ1) is 29.8. The number of hydrogen-bond acceptors (Lipinski definition) is 7. The molecule has 2 N–H and O–H groups in total. The number of amides is 3. The van der Waals surface area contributed by atoms with Gasteiger partial charge in [0, 0.05) is 21.7 Å². The number of halogens is 2. The number of nitrogens with one attached hydrogen (secondary N) is 2. The molecule has 2 aliphatic carbocycles. The van der Waals surface area contributed by atoms with E-state index in [0.717, 1.165) is 27.5 Å². The summed E-state index contributed by atoms with van der Waals surface area (Å²) >= 11 is 14.9. The lowest BCUT2D eigenvalue weighted by molar-refractivity contribution is -0.123. The van der Waals surface area contributed by atoms with Crippen LogP contribution in [0.5, 0.6) is 5.75 Å². The molecule has 46 heavy (non-hydrogen) atoms. The fourth-order valence-electron chi connectivity index (χ4n) is 8.06. The molecule has 2 bridgehead atoms. The van der Waals surface area contributed by atoms with E-state index in [0.29, 0.717) is 27.2 Å². The zero-order valence-electron chi connectivity index (χ0n) is 24.4. The summed E-state index contributed by atoms with van der Waals surface area (Å²) < 4.78 is 5.92. The van der Waals surface area contributed by atoms with Gasteiger partial charge < -0.3 is 15.0 Å². The maximum Gasteiger partial charge on any atom is 0.305 e. The maximum atomic E-state index is 14.0. The van der Waals surface area contributed by atoms with Crippen LogP contribution in [0.4, 0.5) is 11.4 Å². The Hall–Kier alpha value is -3.57. The number of carbonyl (C=O) groups excluding carboxylic acids is 3. The Labute approximate surface area is 282 Å². The number of H-pyrrole nitrogens is 1. The van der Waals surface area contributed by atoms with Crippen molar-refractivity contribution in [2.24, 2.45) is 29.6 Å². The van der Waals surface area contributed by atoms with E-state index in [1.54, 1.807) is 36.0 Å². The smallest absolute Gasteiger partial charge is 0.305 e. The number of nitrogens with zero attached hydrogens (tertiary/aromatic N) is 1. The van der Waals surface area contributed by atoms with Gasteiger partial charge in [0.1, 0.15) is 5.75 Å². The van der Waals surface area contributed by atoms with Crippen molar-refractivity contribution < 1.29 is 19.1 Å². The second kappa shape index (κ2) is 11.3. The molecule has 2 aliphatic heterocycles. The molecule has 2 saturated carbocycles. The molecule has 0 radical (unpaired) electrons. The normalized spacial score (nSPS) is 27.4. The number of hydrogen-bond donors (Lipinski definition) is 2. The number of carbonyl (C=O) groups is 3. The van der Waals surface area contributed by atoms with E-state index < -0.39 is 0 Å². The van der Waals surface area contributed by atoms with Crippen molar-refractivity contribution in [3.05, 3.63) is 102 Å². The quantitative estimate of drug-likeness (QED) is 0.217. The third-order valence-corrected chi connectivity index (χ3v) is 13.1. The number of imide groups is 1. The van der Waals surface area contributed by atoms with Crippen LogP contribution in [0.3, 0.4) is 0 Å². The Morgan fingerprint density at radius 1 is 0.978 bits per heavy atom. The van der Waals surface area contributed by atoms with Gasteiger partial charge in [0.25, 0.3) is 5.91 Å². The number of anilines is 2. The Morgan fingerprint density at radius 2 is 1.74 bits per heavy atom. The number of thioether (sulfide) groups is 1. The minimum absolute atomic E-state index is 0.00342. The molecule has 3 aromatic carbocycles. The Balaban J connectivity index is 1.08. The van der Waals surface area contributed by atoms with E-state index in [-0.39, 0.29) is 70.0 Å². The van der Waals surface area contributed by atoms with E-state index in [2.05, 4.69) is 10.3 Å². The highest BCUT2D eigenvalue weighted by atomic mass is 35.5. The summed E-state index contributed by atoms with van der Waals surface area (Å²) in [5.41, 5.74) is 3.14. The lowest BCUT2D eigenvalue weighted by Crippen LogP contribution is -2.42. The molecule has 1 saturated heterocycles. The largest absolute Gasteiger partial charge is 0.484 e. The summed E-state index contributed by atoms with van der Waals surface area (Å²) in [5, 5.41) is 4.40. The Kier molecular flexibility index (Phi) is 7.32. The monoisotopic (exact) mass is 691 g/mol. The molecule has 8 nitrogen and oxygen atoms in total. The maximum absolute atomic E-state index is 14.0. The molecule has 4 unspecified atom stereocenters. The number of ether oxygens (including phenoxy) is 1. The minimum atomic E-state index is -0.384. The molecule has 12 heteroatoms. The number of aromatic nitrogens is 1. The number of fused-ring (bicyclic) bond motifs is 9. The molecule has 7 atom stereocenters. The van der Waals surface area contributed by atoms with Crippen molar-refractivity contribution in [3.8, 4) is 5.75 Å². The predicted octanol–water partition coefficient (Wildman–Crippen LogP) is 6.75. The molecule has 4 aliphatic rings. The molecular weight excluding hydrogens is 665 g/mol. The highest BCUT2D eigenvalue weighted by Crippen LogP contribution is 2.68. The molecule has 3 fully saturated rings. The Morgan fingerprint density at radius 3 is 2.50 bits per heavy atom. The Bertz CT molecular complexity index is 1980. The molecular formula is C34H27Cl2N3O5S2. The minimum Gasteiger partial charge on any atom is -0.484 e. The van der Waals surface area contributed by atoms with Crippen LogP contribution in [0.1, 0.15) is 28.3 Å². The van der Waals surface area contributed by atoms with Crippen molar-refractivity contribution in [2.45, 2.75) is 29.5 Å². The zero-order valence-corrected chi connectivity index (χ0v) is 27.5. The lowest BCUT2D eigenvalue weighted by Gasteiger charge is -2.43. The second-order valence-electron chi connectivity index (χ2n) is 12.3. The first-order valence-electron chi connectivity index (χ1n) is 15.0. The topological polar surface area (TPSA) is 109 Å². The third-order valence-electron chi connectivity index (χ3n) is 9.81. The van der Waals surface area contributed by atoms with Gasteiger partial charge in [-0.15, -0.1) is 11.8 Å². The van der Waals surface area contributed by atoms with Gasteiger partial charge >= 0.3 is 4.87 Å². The summed E-state index contributed by atoms with van der Waals surface area (Å²) in [6, 6.07) is 20.0. The standard InChI is InChI=1S/C34H27Cl2N3O5S2/c1-15-5-8-18(9-6-15)39-32(41)27-20-13-21(28(27)33(39)42)29-26(20)25(30-31(45-29)38-34(43)46-30)16-3-2-4-19(11-16)44-14-24(40)37-17-7-10-22(35)23(36)12-17/h2-12,20-21,25-29H,13-14H2,1H3,(H,37,40)(H,38,43)/t20-,21-,25-,26?,27?,28?,29?/m1/s1. The van der Waals surface area contributed by atoms with Crippen LogP contribution in [-0.4, -0.2) is 34.6 Å². The van der Waals surface area contributed by atoms with Gasteiger partial charge in [-0.25, -0.2) is 0 Å². The molecule has 1 aromatic heterocycles. The van der Waals surface area contributed by atoms with Crippen molar-refractivity contribution >= 4 is 75.4 Å². The van der Waals surface area contributed by atoms with E-state index in [1.807, 2.05) is 49.4 Å². The second-order valence-corrected chi connectivity index (χ2v) is 15.4. The number of rotatable bonds is 6. The van der Waals surface area contributed by atoms with Crippen LogP contribution in [0, 0.1) is 36.5 Å². The predicted molar refractivity (Wildman–Crippen MR) is 179 cm³/mol. The van der Waals surface area contributed by atoms with Gasteiger partial charge in [-0.3, -0.25) is 24.1 Å². The van der Waals surface area contributed by atoms with Crippen LogP contribution in [-0.2, 0) is 14.4 Å². The van der Waals surface area contributed by atoms with E-state index in [9.17, 15) is 19.2 Å². The van der Waals surface area contributed by atoms with Crippen LogP contribution in [0.15, 0.2) is 76.6 Å². The van der Waals surface area contributed by atoms with Crippen molar-refractivity contribution in [2.75, 3.05) is 16.8 Å². The van der Waals surface area contributed by atoms with Crippen LogP contribution in [0.2, 0.25) is 10.0 Å². The average molecular weight is 693 g/mol. The summed E-state index contributed by atoms with van der Waals surface area (Å²) in [7, 11) is 0. The van der Waals surface area contributed by atoms with Crippen LogP contribution >= 0.6 is 46.3 Å². The molecule has 8 rings (SSSR count). The fourth-order valence-corrected chi connectivity index (χ4v) is 11.2. The van der Waals surface area contributed by atoms with E-state index >= 15 is 0 Å². The number of aromatic amines is 1. The van der Waals surface area contributed by atoms with Crippen molar-refractivity contribution in [3.63, 3.8) is 0 Å². The summed E-state index contributed by atoms with van der Waals surface area (Å²) in [6.45, 7) is 1.75. The number of aryl methyl sites for hydroxylation is 1. The first-order chi connectivity index (χ1) is 22.2. The van der Waals surface area contributed by atoms with Gasteiger partial charge in [0.2, 0.25) is 11.8 Å². The summed E-state index contributed by atoms with van der Waals surface area (Å²) in [6.07, 6.45) is 0.803. The highest BCUT2D eigenvalue weighted by Gasteiger charge is 2.69. The van der Waals surface area contributed by atoms with Gasteiger partial charge in [0.15, 0.2) is 6.61 Å². The summed E-state index contributed by atoms with van der Waals surface area (Å²) in [4.78, 5) is 58.4. The van der Waals surface area contributed by atoms with Gasteiger partial charge in [0.05, 0.1) is 32.6 Å². The third kappa shape index (κ3) is 4.80. The van der Waals surface area contributed by atoms with Crippen LogP contribution in [0.25, 0.3) is 0 Å². The van der Waals surface area contributed by atoms with Gasteiger partial charge in [-0.05, 0) is 79.1 Å². The molecule has 234 valence electrons. The van der Waals surface area contributed by atoms with Crippen LogP contribution < -0.4 is 19.8 Å². The fraction of sp³-hybridized carbons (Fsp3) is 0.294. The first-order valence-corrected chi connectivity index (χ1v) is 17.4. The lowest BCUT2D eigenvalue weighted by atomic mass is 9.68. The number of benzene rings is 3. The molecule has 0 spiro atoms. The van der Waals surface area contributed by atoms with Crippen molar-refractivity contribution in [1.82, 2.24) is 4.98 Å². The molecule has 4 aromatic rings. The zero-order chi connectivity index (χ0) is 31.9. The average Bonchev–Trinajstić information content (AvgIpc) is 3.77. The molecule has 3 heterocycles. The molecule has 3 amide bonds. The summed E-state index contributed by atoms with van der Waals surface area (Å²) in [5.74, 6) is -0.896. The SMILES string of the molecule is Cc1ccc(N2C(=O)C3C(C2=O)[C@@H]2C[C@H]3C3Sc4[nH]c(=O)sc4[C@H](c4cccc(OCC(=O)Nc5ccc(Cl)c(Cl)c5)c4)C32)cc1. The van der Waals surface area contributed by atoms with Gasteiger partial charge in [-0.2, -0.15) is 0 Å².